The Hall–Kier alpha value is -2.50. The average Bonchev–Trinajstić information content (AvgIpc) is 2.87. The largest absolute Gasteiger partial charge is 0.507 e. The van der Waals surface area contributed by atoms with E-state index in [1.54, 1.807) is 0 Å². The molecule has 2 aromatic rings. The van der Waals surface area contributed by atoms with Gasteiger partial charge in [-0.3, -0.25) is 9.59 Å². The molecule has 0 bridgehead atoms. The van der Waals surface area contributed by atoms with Crippen LogP contribution in [0.25, 0.3) is 11.0 Å². The predicted molar refractivity (Wildman–Crippen MR) is 129 cm³/mol. The lowest BCUT2D eigenvalue weighted by Crippen LogP contribution is -2.62. The average molecular weight is 557 g/mol. The quantitative estimate of drug-likeness (QED) is 0.173. The smallest absolute Gasteiger partial charge is 0.193 e. The van der Waals surface area contributed by atoms with Gasteiger partial charge in [-0.05, 0) is 19.4 Å². The number of carbonyl (C=O) groups excluding carboxylic acids is 1. The first kappa shape index (κ1) is 29.5. The minimum absolute atomic E-state index is 0.0199. The van der Waals surface area contributed by atoms with Gasteiger partial charge < -0.3 is 59.5 Å². The van der Waals surface area contributed by atoms with E-state index in [1.165, 1.54) is 13.8 Å². The van der Waals surface area contributed by atoms with Crippen LogP contribution in [-0.4, -0.2) is 115 Å². The molecular weight excluding hydrogens is 524 g/mol. The second kappa shape index (κ2) is 11.5. The van der Waals surface area contributed by atoms with Gasteiger partial charge >= 0.3 is 0 Å². The van der Waals surface area contributed by atoms with Crippen molar-refractivity contribution in [2.45, 2.75) is 81.5 Å². The molecule has 14 nitrogen and oxygen atoms in total. The Kier molecular flexibility index (Phi) is 8.73. The van der Waals surface area contributed by atoms with Gasteiger partial charge in [0.25, 0.3) is 0 Å². The lowest BCUT2D eigenvalue weighted by atomic mass is 9.87. The minimum atomic E-state index is -1.86. The van der Waals surface area contributed by atoms with Gasteiger partial charge in [0.15, 0.2) is 11.7 Å². The molecule has 0 aliphatic carbocycles. The summed E-state index contributed by atoms with van der Waals surface area (Å²) in [4.78, 5) is 24.5. The first-order chi connectivity index (χ1) is 18.4. The summed E-state index contributed by atoms with van der Waals surface area (Å²) in [5, 5.41) is 82.3. The van der Waals surface area contributed by atoms with Crippen LogP contribution >= 0.6 is 0 Å². The maximum absolute atomic E-state index is 13.0. The fourth-order valence-electron chi connectivity index (χ4n) is 5.06. The lowest BCUT2D eigenvalue weighted by molar-refractivity contribution is -0.342. The number of fused-ring (bicyclic) bond motifs is 1. The molecule has 216 valence electrons. The Labute approximate surface area is 221 Å². The molecule has 1 aromatic heterocycles. The fourth-order valence-corrected chi connectivity index (χ4v) is 5.06. The number of phenolic OH excluding ortho intramolecular Hbond substituents is 1. The van der Waals surface area contributed by atoms with Crippen molar-refractivity contribution in [1.29, 1.82) is 0 Å². The number of hydrogen-bond acceptors (Lipinski definition) is 14. The predicted octanol–water partition coefficient (Wildman–Crippen LogP) is -2.72. The van der Waals surface area contributed by atoms with Crippen molar-refractivity contribution in [2.75, 3.05) is 13.2 Å². The van der Waals surface area contributed by atoms with Crippen LogP contribution in [-0.2, 0) is 25.4 Å². The van der Waals surface area contributed by atoms with Crippen molar-refractivity contribution in [2.24, 2.45) is 0 Å². The van der Waals surface area contributed by atoms with Crippen LogP contribution < -0.4 is 5.43 Å². The number of Topliss-reactive ketones (excluding diaryl/α,β-unsaturated/α-hetero) is 1. The van der Waals surface area contributed by atoms with Crippen LogP contribution in [0.2, 0.25) is 0 Å². The first-order valence-electron chi connectivity index (χ1n) is 12.3. The standard InChI is InChI=1S/C25H32O14/c1-8(28)3-10-4-11(29)16-9(2)17(12(30)5-13(16)36-10)23-24(21(34)19(32)14(6-26)37-23)39-25-22(35)20(33)18(31)15(7-27)38-25/h4-5,14-15,18-27,30-35H,3,6-7H2,1-2H3/t14-,15+,18+,19-,20+,21+,22+,23+,24-,25+/m0/s1. The summed E-state index contributed by atoms with van der Waals surface area (Å²) in [6, 6.07) is 2.25. The Balaban J connectivity index is 1.79. The van der Waals surface area contributed by atoms with Gasteiger partial charge in [-0.1, -0.05) is 0 Å². The summed E-state index contributed by atoms with van der Waals surface area (Å²) in [5.74, 6) is -0.638. The molecule has 2 aliphatic heterocycles. The van der Waals surface area contributed by atoms with E-state index in [-0.39, 0.29) is 40.1 Å². The second-order valence-electron chi connectivity index (χ2n) is 9.82. The summed E-state index contributed by atoms with van der Waals surface area (Å²) < 4.78 is 22.5. The highest BCUT2D eigenvalue weighted by Gasteiger charge is 2.51. The molecule has 2 fully saturated rings. The van der Waals surface area contributed by atoms with Crippen LogP contribution in [0.4, 0.5) is 0 Å². The Morgan fingerprint density at radius 1 is 0.923 bits per heavy atom. The lowest BCUT2D eigenvalue weighted by Gasteiger charge is -2.46. The van der Waals surface area contributed by atoms with Crippen LogP contribution in [0.5, 0.6) is 5.75 Å². The fraction of sp³-hybridized carbons (Fsp3) is 0.600. The number of rotatable bonds is 7. The van der Waals surface area contributed by atoms with E-state index in [0.29, 0.717) is 0 Å². The molecule has 2 aliphatic rings. The third-order valence-corrected chi connectivity index (χ3v) is 7.06. The van der Waals surface area contributed by atoms with Crippen molar-refractivity contribution < 1.29 is 64.3 Å². The highest BCUT2D eigenvalue weighted by Crippen LogP contribution is 2.43. The number of ketones is 1. The number of carbonyl (C=O) groups is 1. The van der Waals surface area contributed by atoms with Crippen LogP contribution in [0.1, 0.15) is 29.9 Å². The summed E-state index contributed by atoms with van der Waals surface area (Å²) >= 11 is 0. The topological polar surface area (TPSA) is 237 Å². The molecule has 0 spiro atoms. The molecule has 0 radical (unpaired) electrons. The monoisotopic (exact) mass is 556 g/mol. The molecule has 0 unspecified atom stereocenters. The highest BCUT2D eigenvalue weighted by atomic mass is 16.7. The molecule has 2 saturated heterocycles. The summed E-state index contributed by atoms with van der Waals surface area (Å²) in [5.41, 5.74) is -0.499. The van der Waals surface area contributed by atoms with E-state index in [2.05, 4.69) is 0 Å². The van der Waals surface area contributed by atoms with Gasteiger partial charge in [0.1, 0.15) is 77.8 Å². The zero-order valence-electron chi connectivity index (χ0n) is 21.1. The van der Waals surface area contributed by atoms with Gasteiger partial charge in [-0.2, -0.15) is 0 Å². The van der Waals surface area contributed by atoms with Crippen molar-refractivity contribution in [3.05, 3.63) is 39.2 Å². The van der Waals surface area contributed by atoms with E-state index >= 15 is 0 Å². The Bertz CT molecular complexity index is 1260. The van der Waals surface area contributed by atoms with Crippen molar-refractivity contribution in [3.8, 4) is 5.75 Å². The van der Waals surface area contributed by atoms with E-state index in [0.717, 1.165) is 12.1 Å². The highest BCUT2D eigenvalue weighted by molar-refractivity contribution is 5.84. The molecule has 8 N–H and O–H groups in total. The van der Waals surface area contributed by atoms with Gasteiger partial charge in [0.2, 0.25) is 0 Å². The van der Waals surface area contributed by atoms with Crippen LogP contribution in [0, 0.1) is 6.92 Å². The van der Waals surface area contributed by atoms with Crippen LogP contribution in [0.3, 0.4) is 0 Å². The normalized spacial score (nSPS) is 35.3. The first-order valence-corrected chi connectivity index (χ1v) is 12.3. The third kappa shape index (κ3) is 5.45. The van der Waals surface area contributed by atoms with Crippen molar-refractivity contribution in [3.63, 3.8) is 0 Å². The van der Waals surface area contributed by atoms with Gasteiger partial charge in [0.05, 0.1) is 25.0 Å². The molecule has 3 heterocycles. The number of benzene rings is 1. The zero-order chi connectivity index (χ0) is 28.8. The molecule has 39 heavy (non-hydrogen) atoms. The number of hydrogen-bond donors (Lipinski definition) is 8. The number of aromatic hydroxyl groups is 1. The second-order valence-corrected chi connectivity index (χ2v) is 9.82. The minimum Gasteiger partial charge on any atom is -0.507 e. The number of aryl methyl sites for hydroxylation is 1. The molecule has 0 saturated carbocycles. The van der Waals surface area contributed by atoms with Gasteiger partial charge in [0, 0.05) is 17.7 Å². The molecule has 1 aromatic carbocycles. The SMILES string of the molecule is CC(=O)Cc1cc(=O)c2c(C)c([C@H]3O[C@@H](CO)[C@H](O)[C@@H](O)[C@@H]3O[C@H]3O[C@H](CO)[C@@H](O)[C@@H](O)[C@H]3O)c(O)cc2o1. The maximum atomic E-state index is 13.0. The number of aliphatic hydroxyl groups is 7. The van der Waals surface area contributed by atoms with Crippen molar-refractivity contribution >= 4 is 16.8 Å². The molecule has 10 atom stereocenters. The third-order valence-electron chi connectivity index (χ3n) is 7.06. The summed E-state index contributed by atoms with van der Waals surface area (Å²) in [6.07, 6.45) is -16.6. The van der Waals surface area contributed by atoms with Gasteiger partial charge in [-0.15, -0.1) is 0 Å². The summed E-state index contributed by atoms with van der Waals surface area (Å²) in [7, 11) is 0. The molecule has 0 amide bonds. The number of aliphatic hydroxyl groups excluding tert-OH is 7. The molecule has 4 rings (SSSR count). The van der Waals surface area contributed by atoms with E-state index in [1.807, 2.05) is 0 Å². The maximum Gasteiger partial charge on any atom is 0.193 e. The Morgan fingerprint density at radius 2 is 1.54 bits per heavy atom. The Morgan fingerprint density at radius 3 is 2.15 bits per heavy atom. The van der Waals surface area contributed by atoms with Crippen LogP contribution in [0.15, 0.2) is 21.3 Å². The summed E-state index contributed by atoms with van der Waals surface area (Å²) in [6.45, 7) is 1.28. The molecular formula is C25H32O14. The number of ether oxygens (including phenoxy) is 3. The van der Waals surface area contributed by atoms with Gasteiger partial charge in [-0.25, -0.2) is 0 Å². The van der Waals surface area contributed by atoms with E-state index < -0.39 is 85.6 Å². The zero-order valence-corrected chi connectivity index (χ0v) is 21.1. The number of phenols is 1. The molecule has 14 heteroatoms. The van der Waals surface area contributed by atoms with E-state index in [4.69, 9.17) is 18.6 Å². The van der Waals surface area contributed by atoms with Crippen molar-refractivity contribution in [1.82, 2.24) is 0 Å². The van der Waals surface area contributed by atoms with E-state index in [9.17, 15) is 50.4 Å².